The van der Waals surface area contributed by atoms with Crippen molar-refractivity contribution in [3.05, 3.63) is 83.6 Å². The zero-order valence-electron chi connectivity index (χ0n) is 13.1. The molecule has 0 saturated carbocycles. The maximum atomic E-state index is 13.2. The number of halogens is 2. The van der Waals surface area contributed by atoms with Crippen molar-refractivity contribution in [3.63, 3.8) is 0 Å². The van der Waals surface area contributed by atoms with Gasteiger partial charge in [-0.15, -0.1) is 0 Å². The summed E-state index contributed by atoms with van der Waals surface area (Å²) in [4.78, 5) is 11.8. The molecule has 2 aromatic carbocycles. The normalized spacial score (nSPS) is 11.0. The maximum Gasteiger partial charge on any atom is 0.244 e. The molecular formula is C19H14F2N2O2. The van der Waals surface area contributed by atoms with Crippen molar-refractivity contribution in [2.45, 2.75) is 6.42 Å². The van der Waals surface area contributed by atoms with E-state index in [4.69, 9.17) is 4.42 Å². The summed E-state index contributed by atoms with van der Waals surface area (Å²) in [6, 6.07) is 15.1. The molecule has 1 amide bonds. The molecule has 0 aliphatic carbocycles. The Morgan fingerprint density at radius 3 is 2.60 bits per heavy atom. The van der Waals surface area contributed by atoms with Gasteiger partial charge in [-0.25, -0.2) is 14.2 Å². The molecule has 0 saturated heterocycles. The van der Waals surface area contributed by atoms with Crippen LogP contribution in [0.4, 0.5) is 8.78 Å². The molecule has 0 aliphatic rings. The van der Waals surface area contributed by atoms with Gasteiger partial charge in [-0.05, 0) is 42.0 Å². The monoisotopic (exact) mass is 340 g/mol. The number of amides is 1. The van der Waals surface area contributed by atoms with Crippen LogP contribution in [0.15, 0.2) is 70.2 Å². The summed E-state index contributed by atoms with van der Waals surface area (Å²) >= 11 is 0. The lowest BCUT2D eigenvalue weighted by atomic mass is 10.1. The highest BCUT2D eigenvalue weighted by atomic mass is 19.1. The van der Waals surface area contributed by atoms with Crippen LogP contribution in [-0.4, -0.2) is 12.1 Å². The van der Waals surface area contributed by atoms with Gasteiger partial charge in [0.1, 0.15) is 23.2 Å². The first kappa shape index (κ1) is 16.6. The van der Waals surface area contributed by atoms with Crippen LogP contribution in [0.5, 0.6) is 0 Å². The molecule has 0 fully saturated rings. The molecule has 3 aromatic rings. The van der Waals surface area contributed by atoms with Gasteiger partial charge in [0, 0.05) is 5.56 Å². The van der Waals surface area contributed by atoms with Gasteiger partial charge in [0.25, 0.3) is 0 Å². The quantitative estimate of drug-likeness (QED) is 0.565. The Kier molecular flexibility index (Phi) is 4.99. The largest absolute Gasteiger partial charge is 0.455 e. The molecule has 126 valence electrons. The molecule has 3 rings (SSSR count). The zero-order chi connectivity index (χ0) is 17.6. The lowest BCUT2D eigenvalue weighted by Gasteiger charge is -2.00. The summed E-state index contributed by atoms with van der Waals surface area (Å²) in [6.45, 7) is 0. The zero-order valence-corrected chi connectivity index (χ0v) is 13.1. The summed E-state index contributed by atoms with van der Waals surface area (Å²) in [7, 11) is 0. The highest BCUT2D eigenvalue weighted by Gasteiger charge is 2.05. The van der Waals surface area contributed by atoms with E-state index in [0.717, 1.165) is 0 Å². The maximum absolute atomic E-state index is 13.2. The van der Waals surface area contributed by atoms with Crippen LogP contribution in [0.3, 0.4) is 0 Å². The van der Waals surface area contributed by atoms with Crippen LogP contribution in [0.1, 0.15) is 11.3 Å². The van der Waals surface area contributed by atoms with Crippen LogP contribution in [0, 0.1) is 11.6 Å². The second-order valence-electron chi connectivity index (χ2n) is 5.31. The molecule has 0 aliphatic heterocycles. The van der Waals surface area contributed by atoms with Gasteiger partial charge >= 0.3 is 0 Å². The molecular weight excluding hydrogens is 326 g/mol. The Bertz CT molecular complexity index is 902. The summed E-state index contributed by atoms with van der Waals surface area (Å²) in [5.74, 6) is -0.119. The number of carbonyl (C=O) groups is 1. The van der Waals surface area contributed by atoms with Crippen molar-refractivity contribution in [1.29, 1.82) is 0 Å². The summed E-state index contributed by atoms with van der Waals surface area (Å²) in [5.41, 5.74) is 3.66. The third kappa shape index (κ3) is 4.60. The van der Waals surface area contributed by atoms with Crippen molar-refractivity contribution in [2.75, 3.05) is 0 Å². The van der Waals surface area contributed by atoms with E-state index >= 15 is 0 Å². The average molecular weight is 340 g/mol. The van der Waals surface area contributed by atoms with Gasteiger partial charge < -0.3 is 4.42 Å². The molecule has 4 nitrogen and oxygen atoms in total. The minimum atomic E-state index is -0.353. The van der Waals surface area contributed by atoms with Crippen molar-refractivity contribution < 1.29 is 18.0 Å². The fourth-order valence-electron chi connectivity index (χ4n) is 2.21. The van der Waals surface area contributed by atoms with Crippen molar-refractivity contribution in [1.82, 2.24) is 5.43 Å². The Morgan fingerprint density at radius 2 is 1.84 bits per heavy atom. The Balaban J connectivity index is 1.57. The van der Waals surface area contributed by atoms with Crippen LogP contribution in [0.25, 0.3) is 11.3 Å². The Hall–Kier alpha value is -3.28. The Morgan fingerprint density at radius 1 is 1.04 bits per heavy atom. The smallest absolute Gasteiger partial charge is 0.244 e. The van der Waals surface area contributed by atoms with Crippen LogP contribution in [0.2, 0.25) is 0 Å². The molecule has 0 radical (unpaired) electrons. The second-order valence-corrected chi connectivity index (χ2v) is 5.31. The first-order chi connectivity index (χ1) is 12.1. The minimum absolute atomic E-state index is 0.0876. The van der Waals surface area contributed by atoms with Crippen LogP contribution >= 0.6 is 0 Å². The van der Waals surface area contributed by atoms with E-state index in [2.05, 4.69) is 10.5 Å². The topological polar surface area (TPSA) is 54.6 Å². The number of hydrogen-bond acceptors (Lipinski definition) is 3. The lowest BCUT2D eigenvalue weighted by Crippen LogP contribution is -2.19. The van der Waals surface area contributed by atoms with Crippen molar-refractivity contribution in [3.8, 4) is 11.3 Å². The minimum Gasteiger partial charge on any atom is -0.455 e. The molecule has 0 atom stereocenters. The van der Waals surface area contributed by atoms with E-state index in [9.17, 15) is 13.6 Å². The van der Waals surface area contributed by atoms with Crippen LogP contribution in [-0.2, 0) is 11.2 Å². The van der Waals surface area contributed by atoms with Gasteiger partial charge in [0.2, 0.25) is 5.91 Å². The number of carbonyl (C=O) groups excluding carboxylic acids is 1. The summed E-state index contributed by atoms with van der Waals surface area (Å²) in [6.07, 6.45) is 1.44. The molecule has 1 N–H and O–H groups in total. The first-order valence-electron chi connectivity index (χ1n) is 7.52. The van der Waals surface area contributed by atoms with Gasteiger partial charge in [0.15, 0.2) is 0 Å². The summed E-state index contributed by atoms with van der Waals surface area (Å²) < 4.78 is 31.6. The molecule has 6 heteroatoms. The highest BCUT2D eigenvalue weighted by molar-refractivity contribution is 5.82. The van der Waals surface area contributed by atoms with Gasteiger partial charge in [-0.3, -0.25) is 4.79 Å². The van der Waals surface area contributed by atoms with E-state index in [1.165, 1.54) is 42.6 Å². The van der Waals surface area contributed by atoms with Crippen molar-refractivity contribution in [2.24, 2.45) is 5.10 Å². The number of furan rings is 1. The number of benzene rings is 2. The average Bonchev–Trinajstić information content (AvgIpc) is 3.06. The predicted octanol–water partition coefficient (Wildman–Crippen LogP) is 3.92. The van der Waals surface area contributed by atoms with E-state index < -0.39 is 0 Å². The van der Waals surface area contributed by atoms with Crippen LogP contribution < -0.4 is 5.43 Å². The van der Waals surface area contributed by atoms with E-state index in [-0.39, 0.29) is 24.0 Å². The fraction of sp³-hybridized carbons (Fsp3) is 0.0526. The van der Waals surface area contributed by atoms with E-state index in [0.29, 0.717) is 22.6 Å². The second kappa shape index (κ2) is 7.53. The van der Waals surface area contributed by atoms with Gasteiger partial charge in [-0.2, -0.15) is 5.10 Å². The Labute approximate surface area is 142 Å². The molecule has 1 heterocycles. The SMILES string of the molecule is O=C(Cc1ccc(F)cc1)N/N=C/c1ccc(-c2cccc(F)c2)o1. The standard InChI is InChI=1S/C19H14F2N2O2/c20-15-6-4-13(5-7-15)10-19(24)23-22-12-17-8-9-18(25-17)14-2-1-3-16(21)11-14/h1-9,11-12H,10H2,(H,23,24)/b22-12+. The summed E-state index contributed by atoms with van der Waals surface area (Å²) in [5, 5.41) is 3.81. The van der Waals surface area contributed by atoms with Gasteiger partial charge in [-0.1, -0.05) is 24.3 Å². The third-order valence-electron chi connectivity index (χ3n) is 3.39. The third-order valence-corrected chi connectivity index (χ3v) is 3.39. The predicted molar refractivity (Wildman–Crippen MR) is 89.9 cm³/mol. The van der Waals surface area contributed by atoms with Gasteiger partial charge in [0.05, 0.1) is 12.6 Å². The highest BCUT2D eigenvalue weighted by Crippen LogP contribution is 2.22. The number of nitrogens with one attached hydrogen (secondary N) is 1. The number of hydrogen-bond donors (Lipinski definition) is 1. The molecule has 0 spiro atoms. The lowest BCUT2D eigenvalue weighted by molar-refractivity contribution is -0.120. The van der Waals surface area contributed by atoms with E-state index in [1.54, 1.807) is 24.3 Å². The fourth-order valence-corrected chi connectivity index (χ4v) is 2.21. The number of rotatable bonds is 5. The number of nitrogens with zero attached hydrogens (tertiary/aromatic N) is 1. The molecule has 1 aromatic heterocycles. The molecule has 0 unspecified atom stereocenters. The number of hydrazone groups is 1. The molecule has 0 bridgehead atoms. The first-order valence-corrected chi connectivity index (χ1v) is 7.52. The van der Waals surface area contributed by atoms with Crippen molar-refractivity contribution >= 4 is 12.1 Å². The van der Waals surface area contributed by atoms with E-state index in [1.807, 2.05) is 0 Å². The molecule has 25 heavy (non-hydrogen) atoms.